The van der Waals surface area contributed by atoms with Gasteiger partial charge in [-0.2, -0.15) is 13.2 Å². The van der Waals surface area contributed by atoms with Gasteiger partial charge in [0.05, 0.1) is 6.10 Å². The van der Waals surface area contributed by atoms with Crippen molar-refractivity contribution in [3.63, 3.8) is 0 Å². The zero-order chi connectivity index (χ0) is 15.1. The van der Waals surface area contributed by atoms with Crippen molar-refractivity contribution in [2.45, 2.75) is 43.7 Å². The number of aliphatic hydroxyl groups excluding tert-OH is 1. The van der Waals surface area contributed by atoms with E-state index in [1.54, 1.807) is 6.26 Å². The van der Waals surface area contributed by atoms with Crippen molar-refractivity contribution in [3.05, 3.63) is 11.8 Å². The van der Waals surface area contributed by atoms with E-state index in [1.165, 1.54) is 11.8 Å². The molecular formula is C12H16F3N3OS. The summed E-state index contributed by atoms with van der Waals surface area (Å²) in [6, 6.07) is -0.247. The van der Waals surface area contributed by atoms with Crippen LogP contribution in [0.3, 0.4) is 0 Å². The average molecular weight is 307 g/mol. The molecule has 2 rings (SSSR count). The maximum atomic E-state index is 12.9. The fourth-order valence-electron chi connectivity index (χ4n) is 2.09. The molecule has 1 aromatic rings. The lowest BCUT2D eigenvalue weighted by Crippen LogP contribution is -2.57. The fourth-order valence-corrected chi connectivity index (χ4v) is 2.43. The number of hydrogen-bond donors (Lipinski definition) is 2. The zero-order valence-corrected chi connectivity index (χ0v) is 12.1. The van der Waals surface area contributed by atoms with Crippen LogP contribution in [0.4, 0.5) is 19.0 Å². The highest BCUT2D eigenvalue weighted by Gasteiger charge is 2.48. The van der Waals surface area contributed by atoms with E-state index in [1.807, 2.05) is 13.8 Å². The van der Waals surface area contributed by atoms with Crippen molar-refractivity contribution in [2.75, 3.05) is 11.6 Å². The van der Waals surface area contributed by atoms with Crippen molar-refractivity contribution in [1.29, 1.82) is 0 Å². The number of nitrogens with zero attached hydrogens (tertiary/aromatic N) is 2. The summed E-state index contributed by atoms with van der Waals surface area (Å²) in [6.07, 6.45) is -2.13. The number of thioether (sulfide) groups is 1. The number of hydrogen-bond acceptors (Lipinski definition) is 5. The van der Waals surface area contributed by atoms with Crippen LogP contribution in [0.2, 0.25) is 0 Å². The molecule has 0 bridgehead atoms. The number of halogens is 3. The van der Waals surface area contributed by atoms with E-state index in [2.05, 4.69) is 15.3 Å². The van der Waals surface area contributed by atoms with Crippen LogP contribution < -0.4 is 5.32 Å². The smallest absolute Gasteiger partial charge is 0.392 e. The topological polar surface area (TPSA) is 58.0 Å². The number of nitrogens with one attached hydrogen (secondary N) is 1. The third kappa shape index (κ3) is 2.71. The molecule has 20 heavy (non-hydrogen) atoms. The largest absolute Gasteiger partial charge is 0.421 e. The van der Waals surface area contributed by atoms with Crippen LogP contribution in [0.15, 0.2) is 11.4 Å². The Labute approximate surface area is 119 Å². The second-order valence-corrected chi connectivity index (χ2v) is 6.16. The molecule has 1 fully saturated rings. The third-order valence-corrected chi connectivity index (χ3v) is 4.34. The molecule has 0 aromatic carbocycles. The van der Waals surface area contributed by atoms with E-state index < -0.39 is 23.3 Å². The number of aliphatic hydroxyl groups is 1. The average Bonchev–Trinajstić information content (AvgIpc) is 2.37. The normalized spacial score (nSPS) is 25.1. The van der Waals surface area contributed by atoms with Gasteiger partial charge in [0.2, 0.25) is 0 Å². The van der Waals surface area contributed by atoms with Crippen LogP contribution in [-0.2, 0) is 6.18 Å². The summed E-state index contributed by atoms with van der Waals surface area (Å²) in [5.41, 5.74) is -1.36. The Balaban J connectivity index is 2.30. The molecule has 0 amide bonds. The van der Waals surface area contributed by atoms with Gasteiger partial charge in [-0.1, -0.05) is 25.6 Å². The van der Waals surface area contributed by atoms with Crippen LogP contribution in [0, 0.1) is 5.41 Å². The summed E-state index contributed by atoms with van der Waals surface area (Å²) in [6.45, 7) is 3.62. The Morgan fingerprint density at radius 1 is 1.45 bits per heavy atom. The van der Waals surface area contributed by atoms with Crippen LogP contribution in [-0.4, -0.2) is 33.5 Å². The molecule has 0 saturated heterocycles. The standard InChI is InChI=1S/C12H16F3N3OS/c1-11(2)7(4-8(11)19)17-9-6(12(13,14)15)5-16-10(18-9)20-3/h5,7-8,19H,4H2,1-3H3,(H,16,17,18)/t7-,8-/m0/s1. The van der Waals surface area contributed by atoms with Gasteiger partial charge in [0.25, 0.3) is 0 Å². The first-order valence-corrected chi connectivity index (χ1v) is 7.31. The number of rotatable bonds is 3. The summed E-state index contributed by atoms with van der Waals surface area (Å²) < 4.78 is 38.8. The van der Waals surface area contributed by atoms with Crippen molar-refractivity contribution in [2.24, 2.45) is 5.41 Å². The molecule has 2 N–H and O–H groups in total. The monoisotopic (exact) mass is 307 g/mol. The minimum absolute atomic E-state index is 0.221. The Kier molecular flexibility index (Phi) is 3.90. The molecule has 0 aliphatic heterocycles. The number of aromatic nitrogens is 2. The predicted octanol–water partition coefficient (Wildman–Crippen LogP) is 2.79. The summed E-state index contributed by atoms with van der Waals surface area (Å²) in [5, 5.41) is 12.7. The van der Waals surface area contributed by atoms with Gasteiger partial charge in [-0.05, 0) is 12.7 Å². The highest BCUT2D eigenvalue weighted by Crippen LogP contribution is 2.43. The Hall–Kier alpha value is -1.02. The van der Waals surface area contributed by atoms with E-state index in [9.17, 15) is 18.3 Å². The first kappa shape index (κ1) is 15.4. The second kappa shape index (κ2) is 5.07. The van der Waals surface area contributed by atoms with Crippen LogP contribution in [0.1, 0.15) is 25.8 Å². The maximum absolute atomic E-state index is 12.9. The molecule has 1 aromatic heterocycles. The van der Waals surface area contributed by atoms with Crippen LogP contribution in [0.5, 0.6) is 0 Å². The fraction of sp³-hybridized carbons (Fsp3) is 0.667. The Morgan fingerprint density at radius 3 is 2.55 bits per heavy atom. The zero-order valence-electron chi connectivity index (χ0n) is 11.3. The third-order valence-electron chi connectivity index (χ3n) is 3.78. The molecule has 1 saturated carbocycles. The van der Waals surface area contributed by atoms with Gasteiger partial charge in [-0.3, -0.25) is 0 Å². The van der Waals surface area contributed by atoms with Gasteiger partial charge in [0, 0.05) is 17.7 Å². The lowest BCUT2D eigenvalue weighted by Gasteiger charge is -2.49. The quantitative estimate of drug-likeness (QED) is 0.664. The van der Waals surface area contributed by atoms with Gasteiger partial charge < -0.3 is 10.4 Å². The van der Waals surface area contributed by atoms with Crippen molar-refractivity contribution in [1.82, 2.24) is 9.97 Å². The van der Waals surface area contributed by atoms with Crippen LogP contribution >= 0.6 is 11.8 Å². The summed E-state index contributed by atoms with van der Waals surface area (Å²) in [4.78, 5) is 7.58. The SMILES string of the molecule is CSc1ncc(C(F)(F)F)c(N[C@H]2C[C@H](O)C2(C)C)n1. The summed E-state index contributed by atoms with van der Waals surface area (Å²) in [7, 11) is 0. The highest BCUT2D eigenvalue weighted by molar-refractivity contribution is 7.98. The Bertz CT molecular complexity index is 507. The summed E-state index contributed by atoms with van der Waals surface area (Å²) >= 11 is 1.18. The van der Waals surface area contributed by atoms with E-state index in [0.29, 0.717) is 6.42 Å². The van der Waals surface area contributed by atoms with Gasteiger partial charge in [0.1, 0.15) is 11.4 Å². The summed E-state index contributed by atoms with van der Waals surface area (Å²) in [5.74, 6) is -0.221. The lowest BCUT2D eigenvalue weighted by molar-refractivity contribution is -0.137. The van der Waals surface area contributed by atoms with Crippen LogP contribution in [0.25, 0.3) is 0 Å². The maximum Gasteiger partial charge on any atom is 0.421 e. The van der Waals surface area contributed by atoms with E-state index in [4.69, 9.17) is 0 Å². The molecule has 112 valence electrons. The molecule has 1 heterocycles. The molecule has 0 radical (unpaired) electrons. The van der Waals surface area contributed by atoms with Gasteiger partial charge in [0.15, 0.2) is 5.16 Å². The first-order chi connectivity index (χ1) is 9.16. The predicted molar refractivity (Wildman–Crippen MR) is 70.6 cm³/mol. The molecule has 8 heteroatoms. The number of anilines is 1. The van der Waals surface area contributed by atoms with E-state index >= 15 is 0 Å². The minimum Gasteiger partial charge on any atom is -0.392 e. The minimum atomic E-state index is -4.51. The molecule has 1 aliphatic carbocycles. The van der Waals surface area contributed by atoms with Gasteiger partial charge in [-0.15, -0.1) is 0 Å². The highest BCUT2D eigenvalue weighted by atomic mass is 32.2. The van der Waals surface area contributed by atoms with Gasteiger partial charge in [-0.25, -0.2) is 9.97 Å². The van der Waals surface area contributed by atoms with Crippen molar-refractivity contribution >= 4 is 17.6 Å². The van der Waals surface area contributed by atoms with E-state index in [-0.39, 0.29) is 17.0 Å². The first-order valence-electron chi connectivity index (χ1n) is 6.09. The van der Waals surface area contributed by atoms with E-state index in [0.717, 1.165) is 6.20 Å². The Morgan fingerprint density at radius 2 is 2.10 bits per heavy atom. The number of alkyl halides is 3. The van der Waals surface area contributed by atoms with Crippen molar-refractivity contribution < 1.29 is 18.3 Å². The second-order valence-electron chi connectivity index (χ2n) is 5.39. The molecule has 0 spiro atoms. The molecular weight excluding hydrogens is 291 g/mol. The van der Waals surface area contributed by atoms with Gasteiger partial charge >= 0.3 is 6.18 Å². The molecule has 4 nitrogen and oxygen atoms in total. The molecule has 0 unspecified atom stereocenters. The van der Waals surface area contributed by atoms with Crippen molar-refractivity contribution in [3.8, 4) is 0 Å². The lowest BCUT2D eigenvalue weighted by atomic mass is 9.64. The molecule has 1 aliphatic rings. The molecule has 2 atom stereocenters.